The third kappa shape index (κ3) is 3.55. The van der Waals surface area contributed by atoms with Crippen LogP contribution < -0.4 is 5.14 Å². The van der Waals surface area contributed by atoms with Crippen LogP contribution in [0.15, 0.2) is 59.8 Å². The number of allylic oxidation sites excluding steroid dienone is 1. The van der Waals surface area contributed by atoms with E-state index in [2.05, 4.69) is 39.6 Å². The number of nitrogens with two attached hydrogens (primary N) is 1. The molecule has 0 spiro atoms. The molecule has 1 aliphatic rings. The molecular formula is C22H21N5O2S. The lowest BCUT2D eigenvalue weighted by Gasteiger charge is -2.07. The van der Waals surface area contributed by atoms with Crippen molar-refractivity contribution in [3.8, 4) is 22.4 Å². The largest absolute Gasteiger partial charge is 0.277 e. The first-order valence-electron chi connectivity index (χ1n) is 9.71. The lowest BCUT2D eigenvalue weighted by Crippen LogP contribution is -2.11. The first-order valence-corrected chi connectivity index (χ1v) is 11.3. The molecule has 8 heteroatoms. The fourth-order valence-corrected chi connectivity index (χ4v) is 4.16. The number of sulfonamides is 1. The molecule has 0 bridgehead atoms. The van der Waals surface area contributed by atoms with Gasteiger partial charge in [-0.15, -0.1) is 0 Å². The SMILES string of the molecule is Cn1cc(-c2cc3[nH]nc(-c4cccc(S(N)(=O)=O)c4)c3cc2/C=C/C2CC2)cn1. The van der Waals surface area contributed by atoms with E-state index in [4.69, 9.17) is 5.14 Å². The molecule has 1 fully saturated rings. The van der Waals surface area contributed by atoms with Crippen LogP contribution in [0.25, 0.3) is 39.4 Å². The Kier molecular flexibility index (Phi) is 4.34. The Labute approximate surface area is 174 Å². The van der Waals surface area contributed by atoms with Gasteiger partial charge in [-0.05, 0) is 54.2 Å². The summed E-state index contributed by atoms with van der Waals surface area (Å²) in [5, 5.41) is 18.1. The van der Waals surface area contributed by atoms with Crippen LogP contribution in [0, 0.1) is 5.92 Å². The second-order valence-corrected chi connectivity index (χ2v) is 9.29. The van der Waals surface area contributed by atoms with E-state index in [9.17, 15) is 8.42 Å². The van der Waals surface area contributed by atoms with E-state index < -0.39 is 10.0 Å². The van der Waals surface area contributed by atoms with Crippen molar-refractivity contribution in [3.63, 3.8) is 0 Å². The van der Waals surface area contributed by atoms with Gasteiger partial charge in [0.2, 0.25) is 10.0 Å². The van der Waals surface area contributed by atoms with Gasteiger partial charge in [0.15, 0.2) is 0 Å². The molecular weight excluding hydrogens is 398 g/mol. The van der Waals surface area contributed by atoms with Crippen molar-refractivity contribution in [1.82, 2.24) is 20.0 Å². The molecule has 2 aromatic carbocycles. The predicted octanol–water partition coefficient (Wildman–Crippen LogP) is 3.70. The van der Waals surface area contributed by atoms with Crippen molar-refractivity contribution >= 4 is 27.0 Å². The number of nitrogens with one attached hydrogen (secondary N) is 1. The second kappa shape index (κ2) is 6.93. The summed E-state index contributed by atoms with van der Waals surface area (Å²) in [6.45, 7) is 0. The summed E-state index contributed by atoms with van der Waals surface area (Å²) < 4.78 is 25.3. The fraction of sp³-hybridized carbons (Fsp3) is 0.182. The van der Waals surface area contributed by atoms with E-state index in [0.717, 1.165) is 27.6 Å². The quantitative estimate of drug-likeness (QED) is 0.514. The zero-order chi connectivity index (χ0) is 20.9. The summed E-state index contributed by atoms with van der Waals surface area (Å²) in [6, 6.07) is 10.7. The molecule has 0 aliphatic heterocycles. The molecule has 2 aromatic heterocycles. The van der Waals surface area contributed by atoms with Gasteiger partial charge in [0.1, 0.15) is 0 Å². The molecule has 0 saturated heterocycles. The van der Waals surface area contributed by atoms with Crippen LogP contribution in [0.3, 0.4) is 0 Å². The van der Waals surface area contributed by atoms with Crippen molar-refractivity contribution in [2.75, 3.05) is 0 Å². The zero-order valence-electron chi connectivity index (χ0n) is 16.4. The topological polar surface area (TPSA) is 107 Å². The van der Waals surface area contributed by atoms with Gasteiger partial charge in [0.25, 0.3) is 0 Å². The van der Waals surface area contributed by atoms with Crippen LogP contribution in [-0.4, -0.2) is 28.4 Å². The highest BCUT2D eigenvalue weighted by molar-refractivity contribution is 7.89. The smallest absolute Gasteiger partial charge is 0.238 e. The highest BCUT2D eigenvalue weighted by Gasteiger charge is 2.19. The molecule has 0 unspecified atom stereocenters. The van der Waals surface area contributed by atoms with Crippen LogP contribution in [-0.2, 0) is 17.1 Å². The van der Waals surface area contributed by atoms with Crippen LogP contribution in [0.5, 0.6) is 0 Å². The molecule has 30 heavy (non-hydrogen) atoms. The highest BCUT2D eigenvalue weighted by Crippen LogP contribution is 2.36. The van der Waals surface area contributed by atoms with Crippen molar-refractivity contribution in [1.29, 1.82) is 0 Å². The maximum atomic E-state index is 11.8. The molecule has 0 atom stereocenters. The summed E-state index contributed by atoms with van der Waals surface area (Å²) in [5.74, 6) is 0.651. The molecule has 0 amide bonds. The van der Waals surface area contributed by atoms with E-state index in [1.54, 1.807) is 16.8 Å². The van der Waals surface area contributed by atoms with E-state index >= 15 is 0 Å². The summed E-state index contributed by atoms with van der Waals surface area (Å²) in [5.41, 5.74) is 5.43. The number of rotatable bonds is 5. The van der Waals surface area contributed by atoms with Gasteiger partial charge in [0.05, 0.1) is 22.3 Å². The van der Waals surface area contributed by atoms with Gasteiger partial charge in [-0.3, -0.25) is 9.78 Å². The average molecular weight is 420 g/mol. The Bertz CT molecular complexity index is 1390. The van der Waals surface area contributed by atoms with Crippen molar-refractivity contribution in [3.05, 3.63) is 60.4 Å². The molecule has 152 valence electrons. The van der Waals surface area contributed by atoms with Gasteiger partial charge >= 0.3 is 0 Å². The fourth-order valence-electron chi connectivity index (χ4n) is 3.60. The third-order valence-electron chi connectivity index (χ3n) is 5.35. The monoisotopic (exact) mass is 419 g/mol. The van der Waals surface area contributed by atoms with E-state index in [-0.39, 0.29) is 4.90 Å². The average Bonchev–Trinajstić information content (AvgIpc) is 3.30. The maximum absolute atomic E-state index is 11.8. The molecule has 1 saturated carbocycles. The number of aromatic amines is 1. The number of hydrogen-bond donors (Lipinski definition) is 2. The Morgan fingerprint density at radius 1 is 1.20 bits per heavy atom. The molecule has 3 N–H and O–H groups in total. The molecule has 7 nitrogen and oxygen atoms in total. The second-order valence-electron chi connectivity index (χ2n) is 7.73. The van der Waals surface area contributed by atoms with Crippen LogP contribution in [0.2, 0.25) is 0 Å². The Hall–Kier alpha value is -3.23. The minimum Gasteiger partial charge on any atom is -0.277 e. The number of primary sulfonamides is 1. The molecule has 0 radical (unpaired) electrons. The van der Waals surface area contributed by atoms with Gasteiger partial charge in [0, 0.05) is 29.8 Å². The lowest BCUT2D eigenvalue weighted by molar-refractivity contribution is 0.598. The summed E-state index contributed by atoms with van der Waals surface area (Å²) in [4.78, 5) is 0.0667. The van der Waals surface area contributed by atoms with Gasteiger partial charge in [-0.25, -0.2) is 13.6 Å². The number of aryl methyl sites for hydroxylation is 1. The zero-order valence-corrected chi connectivity index (χ0v) is 17.2. The lowest BCUT2D eigenvalue weighted by atomic mass is 9.97. The first kappa shape index (κ1) is 18.8. The van der Waals surface area contributed by atoms with Gasteiger partial charge in [-0.2, -0.15) is 10.2 Å². The number of aromatic nitrogens is 4. The maximum Gasteiger partial charge on any atom is 0.238 e. The number of H-pyrrole nitrogens is 1. The predicted molar refractivity (Wildman–Crippen MR) is 117 cm³/mol. The molecule has 4 aromatic rings. The number of fused-ring (bicyclic) bond motifs is 1. The van der Waals surface area contributed by atoms with E-state index in [0.29, 0.717) is 17.2 Å². The van der Waals surface area contributed by atoms with Crippen molar-refractivity contribution in [2.24, 2.45) is 18.1 Å². The highest BCUT2D eigenvalue weighted by atomic mass is 32.2. The van der Waals surface area contributed by atoms with Crippen LogP contribution >= 0.6 is 0 Å². The minimum atomic E-state index is -3.79. The molecule has 5 rings (SSSR count). The molecule has 1 aliphatic carbocycles. The van der Waals surface area contributed by atoms with Gasteiger partial charge < -0.3 is 0 Å². The van der Waals surface area contributed by atoms with Crippen molar-refractivity contribution < 1.29 is 8.42 Å². The van der Waals surface area contributed by atoms with Crippen molar-refractivity contribution in [2.45, 2.75) is 17.7 Å². The third-order valence-corrected chi connectivity index (χ3v) is 6.27. The summed E-state index contributed by atoms with van der Waals surface area (Å²) in [7, 11) is -1.89. The summed E-state index contributed by atoms with van der Waals surface area (Å²) in [6.07, 6.45) is 10.7. The van der Waals surface area contributed by atoms with E-state index in [1.165, 1.54) is 18.9 Å². The normalized spacial score (nSPS) is 14.7. The Balaban J connectivity index is 1.68. The number of nitrogens with zero attached hydrogens (tertiary/aromatic N) is 3. The minimum absolute atomic E-state index is 0.0667. The Morgan fingerprint density at radius 2 is 2.03 bits per heavy atom. The standard InChI is InChI=1S/C22H21N5O2S/c1-27-13-17(12-24-27)19-11-21-20(10-15(19)8-7-14-5-6-14)22(26-25-21)16-3-2-4-18(9-16)30(23,28)29/h2-4,7-14H,5-6H2,1H3,(H,25,26)(H2,23,28,29)/b8-7+. The number of hydrogen-bond acceptors (Lipinski definition) is 4. The number of benzene rings is 2. The molecule has 2 heterocycles. The Morgan fingerprint density at radius 3 is 2.73 bits per heavy atom. The summed E-state index contributed by atoms with van der Waals surface area (Å²) >= 11 is 0. The first-order chi connectivity index (χ1) is 14.4. The van der Waals surface area contributed by atoms with Crippen LogP contribution in [0.1, 0.15) is 18.4 Å². The van der Waals surface area contributed by atoms with Gasteiger partial charge in [-0.1, -0.05) is 24.3 Å². The van der Waals surface area contributed by atoms with E-state index in [1.807, 2.05) is 25.5 Å². The van der Waals surface area contributed by atoms with Crippen LogP contribution in [0.4, 0.5) is 0 Å².